The number of hydrogen-bond acceptors (Lipinski definition) is 5. The predicted octanol–water partition coefficient (Wildman–Crippen LogP) is 26.2. The Labute approximate surface area is 537 Å². The number of carbonyl (C=O) groups excluding carboxylic acids is 2. The van der Waals surface area contributed by atoms with Gasteiger partial charge in [0.05, 0.1) is 0 Å². The Hall–Kier alpha value is -3.18. The fourth-order valence-corrected chi connectivity index (χ4v) is 11.2. The van der Waals surface area contributed by atoms with Gasteiger partial charge < -0.3 is 14.4 Å². The second-order valence-corrected chi connectivity index (χ2v) is 25.8. The molecule has 0 aromatic heterocycles. The van der Waals surface area contributed by atoms with Crippen LogP contribution in [0.4, 0.5) is 0 Å². The number of hydrogen-bond donors (Lipinski definition) is 0. The molecule has 0 atom stereocenters. The summed E-state index contributed by atoms with van der Waals surface area (Å²) >= 11 is 0. The molecule has 0 rings (SSSR count). The van der Waals surface area contributed by atoms with E-state index in [9.17, 15) is 9.59 Å². The van der Waals surface area contributed by atoms with Crippen molar-refractivity contribution < 1.29 is 19.1 Å². The lowest BCUT2D eigenvalue weighted by molar-refractivity contribution is -0.169. The Morgan fingerprint density at radius 3 is 0.674 bits per heavy atom. The zero-order valence-electron chi connectivity index (χ0n) is 58.2. The summed E-state index contributed by atoms with van der Waals surface area (Å²) in [5.41, 5.74) is 0. The van der Waals surface area contributed by atoms with Crippen molar-refractivity contribution in [2.24, 2.45) is 5.92 Å². The highest BCUT2D eigenvalue weighted by atomic mass is 16.6. The fourth-order valence-electron chi connectivity index (χ4n) is 11.2. The molecule has 0 N–H and O–H groups in total. The van der Waals surface area contributed by atoms with Crippen molar-refractivity contribution in [3.63, 3.8) is 0 Å². The molecule has 0 aliphatic rings. The van der Waals surface area contributed by atoms with Crippen molar-refractivity contribution in [3.8, 4) is 0 Å². The normalized spacial score (nSPS) is 13.6. The SMILES string of the molecule is CCCCCC=CCC=CCCCCCCCCC(CCCCCCCCC=CCC=CCCCCC)OC(=O)C(CCN(C)C)C(=O)OC(CCCCCCCCC=CCC=CCCCCC)CCCCCCCCC=CCC=CCCCCC. The standard InChI is InChI=1S/C81H145NO4/c1-7-11-15-19-23-27-31-35-39-43-47-51-55-59-63-67-71-77(72-68-64-60-56-52-48-44-40-36-32-28-24-20-16-12-8-2)85-80(83)79(75-76-82(5)6)81(84)86-78(73-69-65-61-57-53-49-45-41-37-33-29-25-21-17-13-9-3)74-70-66-62-58-54-50-46-42-38-34-30-26-22-18-14-10-4/h23-30,35-42,77-79H,7-22,31-34,43-76H2,1-6H3. The molecule has 498 valence electrons. The Morgan fingerprint density at radius 2 is 0.465 bits per heavy atom. The second kappa shape index (κ2) is 70.9. The third-order valence-corrected chi connectivity index (χ3v) is 16.9. The van der Waals surface area contributed by atoms with E-state index >= 15 is 0 Å². The van der Waals surface area contributed by atoms with Crippen LogP contribution in [0.25, 0.3) is 0 Å². The van der Waals surface area contributed by atoms with E-state index < -0.39 is 5.92 Å². The maximum absolute atomic E-state index is 14.4. The summed E-state index contributed by atoms with van der Waals surface area (Å²) in [6, 6.07) is 0. The summed E-state index contributed by atoms with van der Waals surface area (Å²) in [4.78, 5) is 30.9. The maximum Gasteiger partial charge on any atom is 0.320 e. The van der Waals surface area contributed by atoms with Gasteiger partial charge in [0.2, 0.25) is 0 Å². The lowest BCUT2D eigenvalue weighted by Gasteiger charge is -2.25. The van der Waals surface area contributed by atoms with Crippen LogP contribution in [-0.4, -0.2) is 49.7 Å². The van der Waals surface area contributed by atoms with Gasteiger partial charge in [-0.05, 0) is 207 Å². The van der Waals surface area contributed by atoms with E-state index in [1.165, 1.54) is 231 Å². The fraction of sp³-hybridized carbons (Fsp3) is 0.778. The third-order valence-electron chi connectivity index (χ3n) is 16.9. The van der Waals surface area contributed by atoms with Crippen LogP contribution in [0.1, 0.15) is 368 Å². The summed E-state index contributed by atoms with van der Waals surface area (Å²) in [5, 5.41) is 0. The Morgan fingerprint density at radius 1 is 0.267 bits per heavy atom. The van der Waals surface area contributed by atoms with Gasteiger partial charge in [0.25, 0.3) is 0 Å². The second-order valence-electron chi connectivity index (χ2n) is 25.8. The zero-order valence-corrected chi connectivity index (χ0v) is 58.2. The molecule has 0 spiro atoms. The van der Waals surface area contributed by atoms with Gasteiger partial charge in [0, 0.05) is 0 Å². The molecule has 0 amide bonds. The molecule has 0 radical (unpaired) electrons. The van der Waals surface area contributed by atoms with Crippen LogP contribution in [0.15, 0.2) is 97.2 Å². The van der Waals surface area contributed by atoms with Crippen LogP contribution in [0, 0.1) is 5.92 Å². The minimum atomic E-state index is -0.888. The van der Waals surface area contributed by atoms with Crippen molar-refractivity contribution in [1.29, 1.82) is 0 Å². The summed E-state index contributed by atoms with van der Waals surface area (Å²) in [5.74, 6) is -1.60. The average Bonchev–Trinajstić information content (AvgIpc) is 3.69. The van der Waals surface area contributed by atoms with Crippen molar-refractivity contribution in [3.05, 3.63) is 97.2 Å². The van der Waals surface area contributed by atoms with Crippen LogP contribution in [0.2, 0.25) is 0 Å². The van der Waals surface area contributed by atoms with Crippen LogP contribution < -0.4 is 0 Å². The minimum Gasteiger partial charge on any atom is -0.462 e. The molecule has 0 aliphatic heterocycles. The van der Waals surface area contributed by atoms with E-state index in [-0.39, 0.29) is 24.1 Å². The zero-order chi connectivity index (χ0) is 62.4. The topological polar surface area (TPSA) is 55.8 Å². The maximum atomic E-state index is 14.4. The largest absolute Gasteiger partial charge is 0.462 e. The van der Waals surface area contributed by atoms with Crippen molar-refractivity contribution in [1.82, 2.24) is 4.90 Å². The molecule has 0 saturated carbocycles. The molecule has 5 nitrogen and oxygen atoms in total. The predicted molar refractivity (Wildman–Crippen MR) is 382 cm³/mol. The van der Waals surface area contributed by atoms with Crippen LogP contribution >= 0.6 is 0 Å². The van der Waals surface area contributed by atoms with E-state index in [1.54, 1.807) is 0 Å². The van der Waals surface area contributed by atoms with Crippen LogP contribution in [0.3, 0.4) is 0 Å². The van der Waals surface area contributed by atoms with Crippen LogP contribution in [0.5, 0.6) is 0 Å². The molecular weight excluding hydrogens is 1050 g/mol. The van der Waals surface area contributed by atoms with Gasteiger partial charge in [-0.25, -0.2) is 0 Å². The molecular formula is C81H145NO4. The summed E-state index contributed by atoms with van der Waals surface area (Å²) < 4.78 is 13.0. The molecule has 0 aromatic carbocycles. The number of esters is 2. The highest BCUT2D eigenvalue weighted by Gasteiger charge is 2.33. The Kier molecular flexibility index (Phi) is 68.3. The summed E-state index contributed by atoms with van der Waals surface area (Å²) in [6.07, 6.45) is 99.4. The summed E-state index contributed by atoms with van der Waals surface area (Å²) in [7, 11) is 4.04. The number of nitrogens with zero attached hydrogens (tertiary/aromatic N) is 1. The molecule has 0 saturated heterocycles. The molecule has 5 heteroatoms. The van der Waals surface area contributed by atoms with Gasteiger partial charge in [0.15, 0.2) is 5.92 Å². The number of carbonyl (C=O) groups is 2. The molecule has 0 aromatic rings. The Bertz CT molecular complexity index is 1440. The van der Waals surface area contributed by atoms with E-state index in [1.807, 2.05) is 14.1 Å². The van der Waals surface area contributed by atoms with Gasteiger partial charge in [-0.3, -0.25) is 9.59 Å². The number of rotatable bonds is 67. The van der Waals surface area contributed by atoms with Crippen molar-refractivity contribution in [2.75, 3.05) is 20.6 Å². The van der Waals surface area contributed by atoms with Gasteiger partial charge in [-0.15, -0.1) is 0 Å². The number of ether oxygens (including phenoxy) is 2. The van der Waals surface area contributed by atoms with Gasteiger partial charge in [-0.2, -0.15) is 0 Å². The molecule has 0 bridgehead atoms. The molecule has 86 heavy (non-hydrogen) atoms. The molecule has 0 heterocycles. The number of unbranched alkanes of at least 4 members (excludes halogenated alkanes) is 36. The first-order valence-electron chi connectivity index (χ1n) is 37.6. The van der Waals surface area contributed by atoms with E-state index in [0.29, 0.717) is 13.0 Å². The van der Waals surface area contributed by atoms with Crippen molar-refractivity contribution in [2.45, 2.75) is 380 Å². The van der Waals surface area contributed by atoms with Gasteiger partial charge in [-0.1, -0.05) is 279 Å². The van der Waals surface area contributed by atoms with E-state index in [0.717, 1.165) is 103 Å². The van der Waals surface area contributed by atoms with E-state index in [2.05, 4.69) is 130 Å². The number of allylic oxidation sites excluding steroid dienone is 16. The minimum absolute atomic E-state index is 0.152. The van der Waals surface area contributed by atoms with E-state index in [4.69, 9.17) is 9.47 Å². The lowest BCUT2D eigenvalue weighted by atomic mass is 10.00. The smallest absolute Gasteiger partial charge is 0.320 e. The quantitative estimate of drug-likeness (QED) is 0.0263. The first kappa shape index (κ1) is 82.8. The highest BCUT2D eigenvalue weighted by Crippen LogP contribution is 2.24. The highest BCUT2D eigenvalue weighted by molar-refractivity contribution is 5.95. The first-order chi connectivity index (χ1) is 42.4. The van der Waals surface area contributed by atoms with Gasteiger partial charge >= 0.3 is 11.9 Å². The first-order valence-corrected chi connectivity index (χ1v) is 37.6. The van der Waals surface area contributed by atoms with Crippen molar-refractivity contribution >= 4 is 11.9 Å². The summed E-state index contributed by atoms with van der Waals surface area (Å²) in [6.45, 7) is 9.70. The molecule has 0 unspecified atom stereocenters. The molecule has 0 fully saturated rings. The Balaban J connectivity index is 5.59. The monoisotopic (exact) mass is 1200 g/mol. The third kappa shape index (κ3) is 63.8. The molecule has 0 aliphatic carbocycles. The van der Waals surface area contributed by atoms with Crippen LogP contribution in [-0.2, 0) is 19.1 Å². The lowest BCUT2D eigenvalue weighted by Crippen LogP contribution is -2.35. The average molecular weight is 1200 g/mol. The van der Waals surface area contributed by atoms with Gasteiger partial charge in [0.1, 0.15) is 12.2 Å².